The van der Waals surface area contributed by atoms with E-state index in [0.717, 1.165) is 37.3 Å². The molecule has 3 fully saturated rings. The van der Waals surface area contributed by atoms with E-state index in [1.165, 1.54) is 51.4 Å². The topological polar surface area (TPSA) is 56.4 Å². The number of nitrogens with one attached hydrogen (secondary N) is 3. The molecule has 146 valence electrons. The second-order valence-electron chi connectivity index (χ2n) is 7.88. The second kappa shape index (κ2) is 9.83. The zero-order valence-corrected chi connectivity index (χ0v) is 17.2. The van der Waals surface area contributed by atoms with Gasteiger partial charge in [-0.1, -0.05) is 38.5 Å². The maximum Gasteiger partial charge on any atom is 0.251 e. The lowest BCUT2D eigenvalue weighted by Gasteiger charge is -2.30. The predicted molar refractivity (Wildman–Crippen MR) is 113 cm³/mol. The van der Waals surface area contributed by atoms with Crippen molar-refractivity contribution in [1.82, 2.24) is 20.9 Å². The average Bonchev–Trinajstić information content (AvgIpc) is 2.94. The van der Waals surface area contributed by atoms with E-state index >= 15 is 0 Å². The Morgan fingerprint density at radius 2 is 1.73 bits per heavy atom. The molecule has 0 aromatic carbocycles. The number of carbonyl (C=O) groups is 1. The van der Waals surface area contributed by atoms with Crippen molar-refractivity contribution in [2.75, 3.05) is 6.54 Å². The number of thiocarbonyl (C=S) groups is 2. The van der Waals surface area contributed by atoms with Gasteiger partial charge in [-0.15, -0.1) is 0 Å². The van der Waals surface area contributed by atoms with Crippen LogP contribution in [0.4, 0.5) is 0 Å². The molecule has 0 aromatic rings. The second-order valence-corrected chi connectivity index (χ2v) is 8.67. The summed E-state index contributed by atoms with van der Waals surface area (Å²) in [5.74, 6) is 0.171. The van der Waals surface area contributed by atoms with Gasteiger partial charge in [0.2, 0.25) is 0 Å². The van der Waals surface area contributed by atoms with Crippen LogP contribution in [0.1, 0.15) is 77.0 Å². The first-order valence-electron chi connectivity index (χ1n) is 10.3. The van der Waals surface area contributed by atoms with Crippen molar-refractivity contribution >= 4 is 40.6 Å². The van der Waals surface area contributed by atoms with Crippen molar-refractivity contribution < 1.29 is 4.79 Å². The van der Waals surface area contributed by atoms with E-state index in [4.69, 9.17) is 24.4 Å². The molecule has 2 saturated carbocycles. The first kappa shape index (κ1) is 19.8. The van der Waals surface area contributed by atoms with Gasteiger partial charge in [0.05, 0.1) is 0 Å². The van der Waals surface area contributed by atoms with Crippen LogP contribution in [0.15, 0.2) is 0 Å². The summed E-state index contributed by atoms with van der Waals surface area (Å²) in [7, 11) is 0. The van der Waals surface area contributed by atoms with Gasteiger partial charge in [-0.2, -0.15) is 0 Å². The zero-order valence-electron chi connectivity index (χ0n) is 15.6. The van der Waals surface area contributed by atoms with Crippen LogP contribution in [-0.4, -0.2) is 45.7 Å². The van der Waals surface area contributed by atoms with Crippen LogP contribution in [0.25, 0.3) is 0 Å². The number of rotatable bonds is 6. The minimum Gasteiger partial charge on any atom is -0.363 e. The summed E-state index contributed by atoms with van der Waals surface area (Å²) in [6, 6.07) is 0.681. The fourth-order valence-corrected chi connectivity index (χ4v) is 5.07. The molecule has 1 amide bonds. The molecule has 0 spiro atoms. The summed E-state index contributed by atoms with van der Waals surface area (Å²) in [5, 5.41) is 11.3. The third kappa shape index (κ3) is 5.28. The van der Waals surface area contributed by atoms with Gasteiger partial charge >= 0.3 is 0 Å². The minimum absolute atomic E-state index is 0.161. The zero-order chi connectivity index (χ0) is 18.4. The largest absolute Gasteiger partial charge is 0.363 e. The lowest BCUT2D eigenvalue weighted by Crippen LogP contribution is -2.43. The van der Waals surface area contributed by atoms with Gasteiger partial charge in [0.25, 0.3) is 5.91 Å². The monoisotopic (exact) mass is 396 g/mol. The van der Waals surface area contributed by atoms with E-state index in [2.05, 4.69) is 16.0 Å². The quantitative estimate of drug-likeness (QED) is 0.474. The van der Waals surface area contributed by atoms with Crippen LogP contribution in [0.5, 0.6) is 0 Å². The van der Waals surface area contributed by atoms with Crippen molar-refractivity contribution in [3.63, 3.8) is 0 Å². The molecule has 0 radical (unpaired) electrons. The number of amides is 1. The highest BCUT2D eigenvalue weighted by Gasteiger charge is 2.39. The Morgan fingerprint density at radius 1 is 1.08 bits per heavy atom. The van der Waals surface area contributed by atoms with Crippen molar-refractivity contribution in [3.05, 3.63) is 0 Å². The normalized spacial score (nSPS) is 25.2. The average molecular weight is 397 g/mol. The SMILES string of the molecule is O=C1C(CCCNC(=S)NC2CCCCC2)NC(=S)N1C1CCCCC1. The molecular weight excluding hydrogens is 364 g/mol. The highest BCUT2D eigenvalue weighted by Crippen LogP contribution is 2.26. The van der Waals surface area contributed by atoms with Crippen LogP contribution >= 0.6 is 24.4 Å². The van der Waals surface area contributed by atoms with E-state index in [9.17, 15) is 4.79 Å². The van der Waals surface area contributed by atoms with E-state index in [1.54, 1.807) is 0 Å². The molecule has 1 saturated heterocycles. The maximum atomic E-state index is 12.7. The Hall–Kier alpha value is -0.950. The molecule has 7 heteroatoms. The third-order valence-electron chi connectivity index (χ3n) is 5.89. The Kier molecular flexibility index (Phi) is 7.49. The molecule has 2 aliphatic carbocycles. The molecule has 0 bridgehead atoms. The van der Waals surface area contributed by atoms with Crippen LogP contribution in [0.2, 0.25) is 0 Å². The molecule has 1 atom stereocenters. The number of nitrogens with zero attached hydrogens (tertiary/aromatic N) is 1. The highest BCUT2D eigenvalue weighted by atomic mass is 32.1. The lowest BCUT2D eigenvalue weighted by atomic mass is 9.94. The van der Waals surface area contributed by atoms with Crippen molar-refractivity contribution in [2.45, 2.75) is 95.2 Å². The van der Waals surface area contributed by atoms with Gasteiger partial charge in [0.15, 0.2) is 10.2 Å². The Labute approximate surface area is 168 Å². The van der Waals surface area contributed by atoms with Gasteiger partial charge in [-0.05, 0) is 63.0 Å². The molecule has 1 unspecified atom stereocenters. The van der Waals surface area contributed by atoms with Crippen LogP contribution in [-0.2, 0) is 4.79 Å². The Bertz CT molecular complexity index is 516. The van der Waals surface area contributed by atoms with Crippen molar-refractivity contribution in [1.29, 1.82) is 0 Å². The molecule has 5 nitrogen and oxygen atoms in total. The highest BCUT2D eigenvalue weighted by molar-refractivity contribution is 7.80. The first-order chi connectivity index (χ1) is 12.6. The summed E-state index contributed by atoms with van der Waals surface area (Å²) in [4.78, 5) is 14.6. The number of hydrogen-bond donors (Lipinski definition) is 3. The van der Waals surface area contributed by atoms with Crippen LogP contribution < -0.4 is 16.0 Å². The number of hydrogen-bond acceptors (Lipinski definition) is 3. The summed E-state index contributed by atoms with van der Waals surface area (Å²) in [6.07, 6.45) is 13.9. The minimum atomic E-state index is -0.161. The van der Waals surface area contributed by atoms with E-state index in [1.807, 2.05) is 4.90 Å². The Balaban J connectivity index is 1.35. The van der Waals surface area contributed by atoms with Crippen LogP contribution in [0, 0.1) is 0 Å². The first-order valence-corrected chi connectivity index (χ1v) is 11.1. The van der Waals surface area contributed by atoms with Crippen LogP contribution in [0.3, 0.4) is 0 Å². The summed E-state index contributed by atoms with van der Waals surface area (Å²) >= 11 is 10.8. The summed E-state index contributed by atoms with van der Waals surface area (Å²) < 4.78 is 0. The van der Waals surface area contributed by atoms with Gasteiger partial charge in [-0.3, -0.25) is 9.69 Å². The molecule has 1 aliphatic heterocycles. The van der Waals surface area contributed by atoms with Gasteiger partial charge in [0, 0.05) is 18.6 Å². The molecular formula is C19H32N4OS2. The fourth-order valence-electron chi connectivity index (χ4n) is 4.42. The summed E-state index contributed by atoms with van der Waals surface area (Å²) in [5.41, 5.74) is 0. The molecule has 0 aromatic heterocycles. The summed E-state index contributed by atoms with van der Waals surface area (Å²) in [6.45, 7) is 0.792. The van der Waals surface area contributed by atoms with Gasteiger partial charge < -0.3 is 16.0 Å². The number of carbonyl (C=O) groups excluding carboxylic acids is 1. The molecule has 3 aliphatic rings. The molecule has 1 heterocycles. The standard InChI is InChI=1S/C19H32N4OS2/c24-17-16(22-19(26)23(17)15-10-5-2-6-11-15)12-7-13-20-18(25)21-14-8-3-1-4-9-14/h14-16H,1-13H2,(H,22,26)(H2,20,21,25). The fraction of sp³-hybridized carbons (Fsp3) is 0.842. The molecule has 3 rings (SSSR count). The predicted octanol–water partition coefficient (Wildman–Crippen LogP) is 2.98. The maximum absolute atomic E-state index is 12.7. The van der Waals surface area contributed by atoms with E-state index < -0.39 is 0 Å². The third-order valence-corrected chi connectivity index (χ3v) is 6.46. The van der Waals surface area contributed by atoms with E-state index in [0.29, 0.717) is 17.2 Å². The van der Waals surface area contributed by atoms with Crippen molar-refractivity contribution in [2.24, 2.45) is 0 Å². The Morgan fingerprint density at radius 3 is 2.42 bits per heavy atom. The molecule has 26 heavy (non-hydrogen) atoms. The smallest absolute Gasteiger partial charge is 0.251 e. The molecule has 3 N–H and O–H groups in total. The van der Waals surface area contributed by atoms with Crippen molar-refractivity contribution in [3.8, 4) is 0 Å². The van der Waals surface area contributed by atoms with Gasteiger partial charge in [-0.25, -0.2) is 0 Å². The van der Waals surface area contributed by atoms with E-state index in [-0.39, 0.29) is 11.9 Å². The lowest BCUT2D eigenvalue weighted by molar-refractivity contribution is -0.129. The van der Waals surface area contributed by atoms with Gasteiger partial charge in [0.1, 0.15) is 6.04 Å².